The van der Waals surface area contributed by atoms with Gasteiger partial charge in [0, 0.05) is 0 Å². The molecule has 23 heavy (non-hydrogen) atoms. The van der Waals surface area contributed by atoms with Crippen LogP contribution in [0.2, 0.25) is 0 Å². The van der Waals surface area contributed by atoms with Gasteiger partial charge in [0.15, 0.2) is 0 Å². The number of alkyl halides is 4. The highest BCUT2D eigenvalue weighted by Crippen LogP contribution is 2.29. The molecule has 0 aliphatic heterocycles. The van der Waals surface area contributed by atoms with Gasteiger partial charge in [0.1, 0.15) is 5.75 Å². The molecule has 3 N–H and O–H groups in total. The molecule has 134 valence electrons. The molecule has 1 aromatic carbocycles. The molecule has 2 atom stereocenters. The Morgan fingerprint density at radius 2 is 1.83 bits per heavy atom. The quantitative estimate of drug-likeness (QED) is 0.686. The van der Waals surface area contributed by atoms with Crippen LogP contribution in [0.1, 0.15) is 38.3 Å². The Hall–Kier alpha value is -1.05. The highest BCUT2D eigenvalue weighted by molar-refractivity contribution is 5.85. The maximum Gasteiger partial charge on any atom is 0.461 e. The van der Waals surface area contributed by atoms with Crippen LogP contribution in [0.25, 0.3) is 0 Å². The van der Waals surface area contributed by atoms with E-state index >= 15 is 0 Å². The number of hydrogen-bond donors (Lipinski definition) is 2. The summed E-state index contributed by atoms with van der Waals surface area (Å²) in [5.74, 6) is -0.0319. The minimum absolute atomic E-state index is 0. The zero-order chi connectivity index (χ0) is 16.9. The summed E-state index contributed by atoms with van der Waals surface area (Å²) in [6, 6.07) is 4.35. The fourth-order valence-corrected chi connectivity index (χ4v) is 1.89. The molecule has 1 aromatic rings. The van der Waals surface area contributed by atoms with Crippen molar-refractivity contribution >= 4 is 12.4 Å². The first kappa shape index (κ1) is 21.9. The zero-order valence-electron chi connectivity index (χ0n) is 12.9. The summed E-state index contributed by atoms with van der Waals surface area (Å²) >= 11 is 0. The second kappa shape index (κ2) is 9.30. The van der Waals surface area contributed by atoms with Crippen LogP contribution in [0.3, 0.4) is 0 Å². The standard InChI is InChI=1S/C15H21F4NO2.ClH/c1-9(2)6-7-12(21)13(20)10-4-3-5-11(8-10)22-15(18,19)14(16)17;/h3-5,8-9,12-14,21H,6-7,20H2,1-2H3;1H/t12-,13+;/m1./s1. The van der Waals surface area contributed by atoms with Crippen LogP contribution >= 0.6 is 12.4 Å². The van der Waals surface area contributed by atoms with E-state index in [1.165, 1.54) is 12.1 Å². The number of ether oxygens (including phenoxy) is 1. The van der Waals surface area contributed by atoms with Crippen LogP contribution in [-0.2, 0) is 0 Å². The van der Waals surface area contributed by atoms with Crippen LogP contribution in [0, 0.1) is 5.92 Å². The number of rotatable bonds is 8. The summed E-state index contributed by atoms with van der Waals surface area (Å²) in [6.45, 7) is 4.00. The van der Waals surface area contributed by atoms with E-state index in [0.29, 0.717) is 17.9 Å². The molecule has 1 rings (SSSR count). The Balaban J connectivity index is 0.00000484. The minimum atomic E-state index is -4.57. The van der Waals surface area contributed by atoms with Crippen LogP contribution in [-0.4, -0.2) is 23.7 Å². The largest absolute Gasteiger partial charge is 0.461 e. The second-order valence-electron chi connectivity index (χ2n) is 5.60. The summed E-state index contributed by atoms with van der Waals surface area (Å²) in [5.41, 5.74) is 6.22. The molecule has 0 fully saturated rings. The normalized spacial score (nSPS) is 14.5. The third kappa shape index (κ3) is 6.93. The van der Waals surface area contributed by atoms with Crippen LogP contribution in [0.4, 0.5) is 17.6 Å². The van der Waals surface area contributed by atoms with E-state index in [0.717, 1.165) is 18.6 Å². The Bertz CT molecular complexity index is 475. The van der Waals surface area contributed by atoms with Gasteiger partial charge in [-0.1, -0.05) is 26.0 Å². The molecule has 0 amide bonds. The molecule has 0 aromatic heterocycles. The summed E-state index contributed by atoms with van der Waals surface area (Å²) < 4.78 is 54.0. The molecule has 0 aliphatic carbocycles. The van der Waals surface area contributed by atoms with Crippen molar-refractivity contribution < 1.29 is 27.4 Å². The van der Waals surface area contributed by atoms with Gasteiger partial charge >= 0.3 is 12.5 Å². The fourth-order valence-electron chi connectivity index (χ4n) is 1.89. The third-order valence-corrected chi connectivity index (χ3v) is 3.21. The van der Waals surface area contributed by atoms with E-state index in [1.807, 2.05) is 13.8 Å². The molecule has 0 spiro atoms. The molecule has 0 aliphatic rings. The first-order valence-corrected chi connectivity index (χ1v) is 7.02. The van der Waals surface area contributed by atoms with Gasteiger partial charge in [0.2, 0.25) is 0 Å². The van der Waals surface area contributed by atoms with Crippen molar-refractivity contribution in [3.8, 4) is 5.75 Å². The van der Waals surface area contributed by atoms with E-state index in [-0.39, 0.29) is 12.4 Å². The summed E-state index contributed by atoms with van der Waals surface area (Å²) in [6.07, 6.45) is -8.14. The topological polar surface area (TPSA) is 55.5 Å². The van der Waals surface area contributed by atoms with Crippen LogP contribution < -0.4 is 10.5 Å². The first-order valence-electron chi connectivity index (χ1n) is 7.02. The Labute approximate surface area is 139 Å². The summed E-state index contributed by atoms with van der Waals surface area (Å²) in [7, 11) is 0. The molecular weight excluding hydrogens is 338 g/mol. The van der Waals surface area contributed by atoms with E-state index in [9.17, 15) is 22.7 Å². The van der Waals surface area contributed by atoms with Gasteiger partial charge in [-0.2, -0.15) is 17.6 Å². The van der Waals surface area contributed by atoms with Gasteiger partial charge in [-0.15, -0.1) is 12.4 Å². The number of hydrogen-bond acceptors (Lipinski definition) is 3. The van der Waals surface area contributed by atoms with Crippen molar-refractivity contribution in [3.05, 3.63) is 29.8 Å². The number of benzene rings is 1. The molecule has 0 radical (unpaired) electrons. The predicted octanol–water partition coefficient (Wildman–Crippen LogP) is 4.14. The van der Waals surface area contributed by atoms with Gasteiger partial charge in [-0.05, 0) is 36.5 Å². The molecule has 0 saturated carbocycles. The van der Waals surface area contributed by atoms with Crippen molar-refractivity contribution in [2.24, 2.45) is 11.7 Å². The summed E-state index contributed by atoms with van der Waals surface area (Å²) in [5, 5.41) is 10.00. The van der Waals surface area contributed by atoms with Gasteiger partial charge in [-0.3, -0.25) is 0 Å². The maximum absolute atomic E-state index is 12.9. The number of aliphatic hydroxyl groups is 1. The number of halogens is 5. The molecule has 0 saturated heterocycles. The highest BCUT2D eigenvalue weighted by atomic mass is 35.5. The lowest BCUT2D eigenvalue weighted by Crippen LogP contribution is -2.33. The van der Waals surface area contributed by atoms with Crippen LogP contribution in [0.5, 0.6) is 5.75 Å². The molecule has 0 unspecified atom stereocenters. The lowest BCUT2D eigenvalue weighted by atomic mass is 9.96. The van der Waals surface area contributed by atoms with Crippen molar-refractivity contribution in [3.63, 3.8) is 0 Å². The van der Waals surface area contributed by atoms with Crippen molar-refractivity contribution in [1.29, 1.82) is 0 Å². The zero-order valence-corrected chi connectivity index (χ0v) is 13.7. The maximum atomic E-state index is 12.9. The average molecular weight is 360 g/mol. The minimum Gasteiger partial charge on any atom is -0.428 e. The number of nitrogens with two attached hydrogens (primary N) is 1. The molecule has 8 heteroatoms. The smallest absolute Gasteiger partial charge is 0.428 e. The predicted molar refractivity (Wildman–Crippen MR) is 82.3 cm³/mol. The van der Waals surface area contributed by atoms with E-state index in [4.69, 9.17) is 5.73 Å². The van der Waals surface area contributed by atoms with Gasteiger partial charge in [0.25, 0.3) is 0 Å². The number of aliphatic hydroxyl groups excluding tert-OH is 1. The fraction of sp³-hybridized carbons (Fsp3) is 0.600. The van der Waals surface area contributed by atoms with Crippen LogP contribution in [0.15, 0.2) is 24.3 Å². The SMILES string of the molecule is CC(C)CC[C@@H](O)[C@@H](N)c1cccc(OC(F)(F)C(F)F)c1.Cl. The van der Waals surface area contributed by atoms with E-state index in [2.05, 4.69) is 4.74 Å². The monoisotopic (exact) mass is 359 g/mol. The molecule has 0 heterocycles. The summed E-state index contributed by atoms with van der Waals surface area (Å²) in [4.78, 5) is 0. The molecule has 3 nitrogen and oxygen atoms in total. The second-order valence-corrected chi connectivity index (χ2v) is 5.60. The Morgan fingerprint density at radius 3 is 2.35 bits per heavy atom. The van der Waals surface area contributed by atoms with E-state index < -0.39 is 30.4 Å². The molecular formula is C15H22ClF4NO2. The van der Waals surface area contributed by atoms with Gasteiger partial charge < -0.3 is 15.6 Å². The Kier molecular flexibility index (Phi) is 8.87. The van der Waals surface area contributed by atoms with Crippen molar-refractivity contribution in [1.82, 2.24) is 0 Å². The molecule has 0 bridgehead atoms. The highest BCUT2D eigenvalue weighted by Gasteiger charge is 2.44. The third-order valence-electron chi connectivity index (χ3n) is 3.21. The van der Waals surface area contributed by atoms with Gasteiger partial charge in [-0.25, -0.2) is 0 Å². The lowest BCUT2D eigenvalue weighted by molar-refractivity contribution is -0.253. The van der Waals surface area contributed by atoms with E-state index in [1.54, 1.807) is 0 Å². The average Bonchev–Trinajstić information content (AvgIpc) is 2.43. The van der Waals surface area contributed by atoms with Crippen molar-refractivity contribution in [2.45, 2.75) is 51.4 Å². The Morgan fingerprint density at radius 1 is 1.22 bits per heavy atom. The first-order chi connectivity index (χ1) is 10.1. The van der Waals surface area contributed by atoms with Crippen molar-refractivity contribution in [2.75, 3.05) is 0 Å². The van der Waals surface area contributed by atoms with Gasteiger partial charge in [0.05, 0.1) is 12.1 Å². The lowest BCUT2D eigenvalue weighted by Gasteiger charge is -2.22.